The van der Waals surface area contributed by atoms with E-state index in [4.69, 9.17) is 0 Å². The first-order valence-corrected chi connectivity index (χ1v) is 5.74. The summed E-state index contributed by atoms with van der Waals surface area (Å²) in [5.74, 6) is -0.346. The van der Waals surface area contributed by atoms with E-state index in [-0.39, 0.29) is 17.1 Å². The van der Waals surface area contributed by atoms with Gasteiger partial charge >= 0.3 is 0 Å². The summed E-state index contributed by atoms with van der Waals surface area (Å²) in [5, 5.41) is 19.2. The fraction of sp³-hybridized carbons (Fsp3) is 0.133. The second-order valence-electron chi connectivity index (χ2n) is 4.15. The molecule has 0 atom stereocenters. The van der Waals surface area contributed by atoms with Crippen molar-refractivity contribution < 1.29 is 15.0 Å². The molecule has 3 heteroatoms. The molecule has 0 spiro atoms. The quantitative estimate of drug-likeness (QED) is 0.810. The maximum atomic E-state index is 10.6. The minimum absolute atomic E-state index is 0.0570. The minimum Gasteiger partial charge on any atom is -0.507 e. The van der Waals surface area contributed by atoms with Crippen molar-refractivity contribution in [3.05, 3.63) is 59.2 Å². The molecule has 0 aliphatic heterocycles. The van der Waals surface area contributed by atoms with Gasteiger partial charge in [-0.15, -0.1) is 0 Å². The number of benzene rings is 2. The van der Waals surface area contributed by atoms with Gasteiger partial charge in [0.25, 0.3) is 0 Å². The summed E-state index contributed by atoms with van der Waals surface area (Å²) in [6, 6.07) is 13.0. The van der Waals surface area contributed by atoms with Crippen LogP contribution in [0.1, 0.15) is 21.5 Å². The molecule has 2 N–H and O–H groups in total. The second kappa shape index (κ2) is 5.36. The number of phenols is 2. The molecule has 18 heavy (non-hydrogen) atoms. The lowest BCUT2D eigenvalue weighted by molar-refractivity contribution is 0.111. The first-order chi connectivity index (χ1) is 8.70. The molecule has 0 aromatic heterocycles. The van der Waals surface area contributed by atoms with Gasteiger partial charge in [0, 0.05) is 0 Å². The summed E-state index contributed by atoms with van der Waals surface area (Å²) in [7, 11) is 0. The van der Waals surface area contributed by atoms with Gasteiger partial charge in [-0.25, -0.2) is 0 Å². The molecule has 2 aromatic carbocycles. The van der Waals surface area contributed by atoms with E-state index in [2.05, 4.69) is 0 Å². The van der Waals surface area contributed by atoms with Crippen molar-refractivity contribution >= 4 is 6.29 Å². The van der Waals surface area contributed by atoms with Crippen molar-refractivity contribution in [2.75, 3.05) is 0 Å². The molecule has 0 saturated heterocycles. The van der Waals surface area contributed by atoms with Gasteiger partial charge in [-0.2, -0.15) is 0 Å². The van der Waals surface area contributed by atoms with Crippen LogP contribution in [0.2, 0.25) is 0 Å². The summed E-state index contributed by atoms with van der Waals surface area (Å²) in [6.45, 7) is 0. The highest BCUT2D eigenvalue weighted by Crippen LogP contribution is 2.27. The van der Waals surface area contributed by atoms with E-state index in [1.165, 1.54) is 17.7 Å². The molecule has 0 heterocycles. The SMILES string of the molecule is O=Cc1c(O)cc(CCc2ccccc2)cc1O. The normalized spacial score (nSPS) is 10.2. The van der Waals surface area contributed by atoms with Gasteiger partial charge in [0.1, 0.15) is 11.5 Å². The number of aryl methyl sites for hydroxylation is 2. The van der Waals surface area contributed by atoms with E-state index in [9.17, 15) is 15.0 Å². The Bertz CT molecular complexity index is 524. The molecule has 0 unspecified atom stereocenters. The van der Waals surface area contributed by atoms with E-state index in [0.717, 1.165) is 12.0 Å². The van der Waals surface area contributed by atoms with Crippen LogP contribution in [-0.2, 0) is 12.8 Å². The molecule has 2 rings (SSSR count). The van der Waals surface area contributed by atoms with Gasteiger partial charge in [0.2, 0.25) is 0 Å². The molecular weight excluding hydrogens is 228 g/mol. The Morgan fingerprint density at radius 2 is 1.44 bits per heavy atom. The van der Waals surface area contributed by atoms with Crippen molar-refractivity contribution in [2.45, 2.75) is 12.8 Å². The van der Waals surface area contributed by atoms with Crippen LogP contribution >= 0.6 is 0 Å². The third-order valence-electron chi connectivity index (χ3n) is 2.86. The maximum Gasteiger partial charge on any atom is 0.157 e. The lowest BCUT2D eigenvalue weighted by Gasteiger charge is -2.06. The molecule has 3 nitrogen and oxygen atoms in total. The Labute approximate surface area is 105 Å². The third kappa shape index (κ3) is 2.69. The molecule has 0 aliphatic carbocycles. The van der Waals surface area contributed by atoms with Gasteiger partial charge in [-0.1, -0.05) is 30.3 Å². The topological polar surface area (TPSA) is 57.5 Å². The fourth-order valence-corrected chi connectivity index (χ4v) is 1.88. The van der Waals surface area contributed by atoms with Crippen LogP contribution in [0, 0.1) is 0 Å². The van der Waals surface area contributed by atoms with Crippen molar-refractivity contribution in [3.63, 3.8) is 0 Å². The Hall–Kier alpha value is -2.29. The zero-order valence-corrected chi connectivity index (χ0v) is 9.84. The van der Waals surface area contributed by atoms with Gasteiger partial charge in [-0.3, -0.25) is 4.79 Å². The zero-order valence-electron chi connectivity index (χ0n) is 9.84. The number of phenolic OH excluding ortho intramolecular Hbond substituents is 2. The van der Waals surface area contributed by atoms with Crippen molar-refractivity contribution in [1.29, 1.82) is 0 Å². The third-order valence-corrected chi connectivity index (χ3v) is 2.86. The van der Waals surface area contributed by atoms with Crippen LogP contribution in [0.15, 0.2) is 42.5 Å². The number of hydrogen-bond acceptors (Lipinski definition) is 3. The van der Waals surface area contributed by atoms with Crippen molar-refractivity contribution in [2.24, 2.45) is 0 Å². The van der Waals surface area contributed by atoms with E-state index in [1.54, 1.807) is 0 Å². The molecule has 0 radical (unpaired) electrons. The first kappa shape index (κ1) is 12.2. The number of aromatic hydroxyl groups is 2. The summed E-state index contributed by atoms with van der Waals surface area (Å²) in [6.07, 6.45) is 1.97. The van der Waals surface area contributed by atoms with Crippen LogP contribution in [0.5, 0.6) is 11.5 Å². The maximum absolute atomic E-state index is 10.6. The lowest BCUT2D eigenvalue weighted by atomic mass is 10.0. The minimum atomic E-state index is -0.173. The van der Waals surface area contributed by atoms with E-state index in [1.807, 2.05) is 30.3 Å². The molecule has 0 saturated carbocycles. The van der Waals surface area contributed by atoms with Gasteiger partial charge < -0.3 is 10.2 Å². The Morgan fingerprint density at radius 3 is 2.00 bits per heavy atom. The summed E-state index contributed by atoms with van der Waals surface area (Å²) in [4.78, 5) is 10.6. The predicted octanol–water partition coefficient (Wildman–Crippen LogP) is 2.70. The fourth-order valence-electron chi connectivity index (χ4n) is 1.88. The number of rotatable bonds is 4. The average molecular weight is 242 g/mol. The van der Waals surface area contributed by atoms with Crippen LogP contribution in [-0.4, -0.2) is 16.5 Å². The number of aldehydes is 1. The average Bonchev–Trinajstić information content (AvgIpc) is 2.37. The molecule has 2 aromatic rings. The Kier molecular flexibility index (Phi) is 3.63. The van der Waals surface area contributed by atoms with E-state index < -0.39 is 0 Å². The van der Waals surface area contributed by atoms with E-state index in [0.29, 0.717) is 12.7 Å². The molecule has 0 fully saturated rings. The van der Waals surface area contributed by atoms with Crippen LogP contribution in [0.25, 0.3) is 0 Å². The van der Waals surface area contributed by atoms with Crippen LogP contribution < -0.4 is 0 Å². The number of hydrogen-bond donors (Lipinski definition) is 2. The van der Waals surface area contributed by atoms with Crippen molar-refractivity contribution in [1.82, 2.24) is 0 Å². The Balaban J connectivity index is 2.13. The molecule has 0 amide bonds. The molecule has 0 bridgehead atoms. The van der Waals surface area contributed by atoms with Crippen LogP contribution in [0.4, 0.5) is 0 Å². The monoisotopic (exact) mass is 242 g/mol. The first-order valence-electron chi connectivity index (χ1n) is 5.74. The smallest absolute Gasteiger partial charge is 0.157 e. The molecule has 0 aliphatic rings. The largest absolute Gasteiger partial charge is 0.507 e. The molecule has 92 valence electrons. The summed E-state index contributed by atoms with van der Waals surface area (Å²) in [5.41, 5.74) is 1.94. The highest BCUT2D eigenvalue weighted by molar-refractivity contribution is 5.83. The Morgan fingerprint density at radius 1 is 0.889 bits per heavy atom. The predicted molar refractivity (Wildman–Crippen MR) is 69.0 cm³/mol. The number of carbonyl (C=O) groups is 1. The highest BCUT2D eigenvalue weighted by Gasteiger charge is 2.08. The standard InChI is InChI=1S/C15H14O3/c16-10-13-14(17)8-12(9-15(13)18)7-6-11-4-2-1-3-5-11/h1-5,8-10,17-18H,6-7H2. The zero-order chi connectivity index (χ0) is 13.0. The summed E-state index contributed by atoms with van der Waals surface area (Å²) >= 11 is 0. The lowest BCUT2D eigenvalue weighted by Crippen LogP contribution is -1.93. The van der Waals surface area contributed by atoms with Gasteiger partial charge in [-0.05, 0) is 36.1 Å². The van der Waals surface area contributed by atoms with E-state index >= 15 is 0 Å². The second-order valence-corrected chi connectivity index (χ2v) is 4.15. The number of carbonyl (C=O) groups excluding carboxylic acids is 1. The summed E-state index contributed by atoms with van der Waals surface area (Å²) < 4.78 is 0. The van der Waals surface area contributed by atoms with Gasteiger partial charge in [0.15, 0.2) is 6.29 Å². The van der Waals surface area contributed by atoms with Crippen LogP contribution in [0.3, 0.4) is 0 Å². The van der Waals surface area contributed by atoms with Gasteiger partial charge in [0.05, 0.1) is 5.56 Å². The highest BCUT2D eigenvalue weighted by atomic mass is 16.3. The molecular formula is C15H14O3. The van der Waals surface area contributed by atoms with Crippen molar-refractivity contribution in [3.8, 4) is 11.5 Å².